The number of benzene rings is 2. The van der Waals surface area contributed by atoms with Crippen LogP contribution in [-0.4, -0.2) is 16.7 Å². The third kappa shape index (κ3) is 2.58. The van der Waals surface area contributed by atoms with E-state index >= 15 is 0 Å². The first-order valence-electron chi connectivity index (χ1n) is 6.42. The molecular weight excluding hydrogens is 290 g/mol. The Labute approximate surface area is 123 Å². The van der Waals surface area contributed by atoms with Gasteiger partial charge in [-0.2, -0.15) is 0 Å². The molecule has 0 aliphatic heterocycles. The fourth-order valence-corrected chi connectivity index (χ4v) is 2.13. The summed E-state index contributed by atoms with van der Waals surface area (Å²) in [4.78, 5) is 26.9. The van der Waals surface area contributed by atoms with Crippen molar-refractivity contribution in [2.45, 2.75) is 0 Å². The summed E-state index contributed by atoms with van der Waals surface area (Å²) in [5.41, 5.74) is 0.887. The van der Waals surface area contributed by atoms with Gasteiger partial charge in [0.25, 0.3) is 11.7 Å². The van der Waals surface area contributed by atoms with Gasteiger partial charge >= 0.3 is 0 Å². The number of amides is 1. The van der Waals surface area contributed by atoms with Crippen LogP contribution in [0.5, 0.6) is 0 Å². The first-order chi connectivity index (χ1) is 10.5. The van der Waals surface area contributed by atoms with Crippen LogP contribution >= 0.6 is 0 Å². The van der Waals surface area contributed by atoms with E-state index in [0.29, 0.717) is 16.6 Å². The number of Topliss-reactive ketones (excluding diaryl/α,β-unsaturated/α-hetero) is 1. The molecule has 0 fully saturated rings. The molecule has 110 valence electrons. The molecule has 3 rings (SSSR count). The number of aromatic amines is 1. The van der Waals surface area contributed by atoms with Crippen LogP contribution in [0.15, 0.2) is 48.7 Å². The molecule has 6 heteroatoms. The lowest BCUT2D eigenvalue weighted by Crippen LogP contribution is -2.22. The smallest absolute Gasteiger partial charge is 0.296 e. The van der Waals surface area contributed by atoms with Crippen LogP contribution in [0.2, 0.25) is 0 Å². The summed E-state index contributed by atoms with van der Waals surface area (Å²) in [6, 6.07) is 8.94. The van der Waals surface area contributed by atoms with E-state index in [0.717, 1.165) is 0 Å². The number of hydrogen-bond acceptors (Lipinski definition) is 2. The van der Waals surface area contributed by atoms with Crippen LogP contribution in [0, 0.1) is 11.6 Å². The quantitative estimate of drug-likeness (QED) is 0.576. The minimum Gasteiger partial charge on any atom is -0.360 e. The van der Waals surface area contributed by atoms with Gasteiger partial charge in [0.05, 0.1) is 5.56 Å². The Morgan fingerprint density at radius 2 is 1.64 bits per heavy atom. The van der Waals surface area contributed by atoms with Crippen molar-refractivity contribution in [1.82, 2.24) is 4.98 Å². The normalized spacial score (nSPS) is 10.6. The molecule has 0 saturated carbocycles. The molecule has 1 heterocycles. The largest absolute Gasteiger partial charge is 0.360 e. The molecule has 1 aromatic heterocycles. The number of nitrogens with one attached hydrogen (secondary N) is 2. The maximum Gasteiger partial charge on any atom is 0.296 e. The fraction of sp³-hybridized carbons (Fsp3) is 0. The Bertz CT molecular complexity index is 869. The van der Waals surface area contributed by atoms with Crippen molar-refractivity contribution in [1.29, 1.82) is 0 Å². The van der Waals surface area contributed by atoms with Crippen molar-refractivity contribution in [3.8, 4) is 0 Å². The molecule has 0 bridgehead atoms. The number of H-pyrrole nitrogens is 1. The van der Waals surface area contributed by atoms with Gasteiger partial charge in [-0.15, -0.1) is 0 Å². The van der Waals surface area contributed by atoms with Crippen molar-refractivity contribution >= 4 is 28.3 Å². The van der Waals surface area contributed by atoms with E-state index in [-0.39, 0.29) is 5.56 Å². The van der Waals surface area contributed by atoms with E-state index in [1.165, 1.54) is 48.7 Å². The van der Waals surface area contributed by atoms with Crippen LogP contribution in [0.25, 0.3) is 10.9 Å². The Morgan fingerprint density at radius 3 is 2.36 bits per heavy atom. The number of hydrogen-bond donors (Lipinski definition) is 2. The number of aromatic nitrogens is 1. The second-order valence-corrected chi connectivity index (χ2v) is 4.68. The number of rotatable bonds is 3. The number of ketones is 1. The Kier molecular flexibility index (Phi) is 3.42. The van der Waals surface area contributed by atoms with Gasteiger partial charge in [0.2, 0.25) is 0 Å². The maximum absolute atomic E-state index is 13.1. The minimum absolute atomic E-state index is 0.148. The van der Waals surface area contributed by atoms with Gasteiger partial charge in [-0.1, -0.05) is 0 Å². The highest BCUT2D eigenvalue weighted by Crippen LogP contribution is 2.20. The predicted molar refractivity (Wildman–Crippen MR) is 77.6 cm³/mol. The zero-order valence-corrected chi connectivity index (χ0v) is 11.2. The van der Waals surface area contributed by atoms with Crippen LogP contribution in [-0.2, 0) is 4.79 Å². The zero-order chi connectivity index (χ0) is 15.7. The first kappa shape index (κ1) is 13.9. The minimum atomic E-state index is -0.850. The summed E-state index contributed by atoms with van der Waals surface area (Å²) in [5.74, 6) is -2.49. The zero-order valence-electron chi connectivity index (χ0n) is 11.2. The summed E-state index contributed by atoms with van der Waals surface area (Å²) in [7, 11) is 0. The molecule has 0 atom stereocenters. The monoisotopic (exact) mass is 300 g/mol. The molecule has 1 amide bonds. The highest BCUT2D eigenvalue weighted by atomic mass is 19.1. The van der Waals surface area contributed by atoms with Crippen molar-refractivity contribution in [2.75, 3.05) is 5.32 Å². The third-order valence-corrected chi connectivity index (χ3v) is 3.20. The Morgan fingerprint density at radius 1 is 0.955 bits per heavy atom. The van der Waals surface area contributed by atoms with E-state index in [2.05, 4.69) is 10.3 Å². The van der Waals surface area contributed by atoms with Crippen LogP contribution in [0.1, 0.15) is 10.4 Å². The van der Waals surface area contributed by atoms with Gasteiger partial charge in [0.1, 0.15) is 11.6 Å². The van der Waals surface area contributed by atoms with Crippen LogP contribution in [0.4, 0.5) is 14.5 Å². The lowest BCUT2D eigenvalue weighted by molar-refractivity contribution is -0.112. The average molecular weight is 300 g/mol. The average Bonchev–Trinajstić information content (AvgIpc) is 2.91. The molecule has 0 spiro atoms. The maximum atomic E-state index is 13.1. The summed E-state index contributed by atoms with van der Waals surface area (Å²) in [6.07, 6.45) is 1.36. The Hall–Kier alpha value is -3.02. The van der Waals surface area contributed by atoms with Crippen LogP contribution < -0.4 is 5.32 Å². The molecule has 0 aliphatic carbocycles. The van der Waals surface area contributed by atoms with Gasteiger partial charge in [0.15, 0.2) is 0 Å². The number of halogens is 2. The standard InChI is InChI=1S/C16H10F2N2O2/c17-9-1-4-11(5-2-9)20-16(22)15(21)13-8-19-14-7-10(18)3-6-12(13)14/h1-8,19H,(H,20,22). The van der Waals surface area contributed by atoms with E-state index < -0.39 is 23.3 Å². The molecule has 3 aromatic rings. The van der Waals surface area contributed by atoms with Crippen molar-refractivity contribution < 1.29 is 18.4 Å². The lowest BCUT2D eigenvalue weighted by atomic mass is 10.1. The molecule has 4 nitrogen and oxygen atoms in total. The topological polar surface area (TPSA) is 62.0 Å². The van der Waals surface area contributed by atoms with Crippen molar-refractivity contribution in [2.24, 2.45) is 0 Å². The summed E-state index contributed by atoms with van der Waals surface area (Å²) in [5, 5.41) is 2.85. The number of carbonyl (C=O) groups is 2. The van der Waals surface area contributed by atoms with Gasteiger partial charge in [0, 0.05) is 22.8 Å². The van der Waals surface area contributed by atoms with Crippen LogP contribution in [0.3, 0.4) is 0 Å². The number of fused-ring (bicyclic) bond motifs is 1. The number of carbonyl (C=O) groups excluding carboxylic acids is 2. The van der Waals surface area contributed by atoms with Gasteiger partial charge in [-0.3, -0.25) is 9.59 Å². The highest BCUT2D eigenvalue weighted by molar-refractivity contribution is 6.48. The molecule has 0 unspecified atom stereocenters. The van der Waals surface area contributed by atoms with Gasteiger partial charge in [-0.25, -0.2) is 8.78 Å². The lowest BCUT2D eigenvalue weighted by Gasteiger charge is -2.03. The second kappa shape index (κ2) is 5.40. The summed E-state index contributed by atoms with van der Waals surface area (Å²) >= 11 is 0. The van der Waals surface area contributed by atoms with E-state index in [1.54, 1.807) is 0 Å². The van der Waals surface area contributed by atoms with Gasteiger partial charge < -0.3 is 10.3 Å². The van der Waals surface area contributed by atoms with E-state index in [1.807, 2.05) is 0 Å². The predicted octanol–water partition coefficient (Wildman–Crippen LogP) is 3.27. The first-order valence-corrected chi connectivity index (χ1v) is 6.42. The molecule has 0 radical (unpaired) electrons. The third-order valence-electron chi connectivity index (χ3n) is 3.20. The fourth-order valence-electron chi connectivity index (χ4n) is 2.13. The molecule has 0 saturated heterocycles. The SMILES string of the molecule is O=C(Nc1ccc(F)cc1)C(=O)c1c[nH]c2cc(F)ccc12. The van der Waals surface area contributed by atoms with E-state index in [4.69, 9.17) is 0 Å². The molecular formula is C16H10F2N2O2. The summed E-state index contributed by atoms with van der Waals surface area (Å²) in [6.45, 7) is 0. The summed E-state index contributed by atoms with van der Waals surface area (Å²) < 4.78 is 25.9. The highest BCUT2D eigenvalue weighted by Gasteiger charge is 2.20. The molecule has 2 N–H and O–H groups in total. The Balaban J connectivity index is 1.85. The van der Waals surface area contributed by atoms with Gasteiger partial charge in [-0.05, 0) is 42.5 Å². The molecule has 2 aromatic carbocycles. The van der Waals surface area contributed by atoms with Crippen molar-refractivity contribution in [3.63, 3.8) is 0 Å². The van der Waals surface area contributed by atoms with E-state index in [9.17, 15) is 18.4 Å². The molecule has 22 heavy (non-hydrogen) atoms. The van der Waals surface area contributed by atoms with Crippen molar-refractivity contribution in [3.05, 3.63) is 65.9 Å². The molecule has 0 aliphatic rings. The second-order valence-electron chi connectivity index (χ2n) is 4.68. The number of anilines is 1.